The number of pyridine rings is 2. The number of hydrogen-bond acceptors (Lipinski definition) is 6. The molecule has 33 heavy (non-hydrogen) atoms. The number of ether oxygens (including phenoxy) is 2. The summed E-state index contributed by atoms with van der Waals surface area (Å²) in [6.07, 6.45) is 3.84. The number of nitrogens with one attached hydrogen (secondary N) is 1. The molecule has 1 fully saturated rings. The van der Waals surface area contributed by atoms with Gasteiger partial charge in [-0.15, -0.1) is 0 Å². The molecule has 176 valence electrons. The molecule has 8 heteroatoms. The Morgan fingerprint density at radius 3 is 2.67 bits per heavy atom. The number of rotatable bonds is 7. The highest BCUT2D eigenvalue weighted by Crippen LogP contribution is 2.31. The van der Waals surface area contributed by atoms with Gasteiger partial charge in [-0.2, -0.15) is 0 Å². The second kappa shape index (κ2) is 9.79. The third kappa shape index (κ3) is 5.11. The number of H-pyrrole nitrogens is 1. The highest BCUT2D eigenvalue weighted by Gasteiger charge is 2.31. The number of anilines is 1. The van der Waals surface area contributed by atoms with E-state index in [1.807, 2.05) is 49.2 Å². The summed E-state index contributed by atoms with van der Waals surface area (Å²) >= 11 is 0. The van der Waals surface area contributed by atoms with Gasteiger partial charge in [0.05, 0.1) is 24.6 Å². The van der Waals surface area contributed by atoms with Gasteiger partial charge in [0, 0.05) is 49.2 Å². The van der Waals surface area contributed by atoms with Crippen LogP contribution < -0.4 is 9.64 Å². The van der Waals surface area contributed by atoms with Crippen molar-refractivity contribution in [2.45, 2.75) is 52.8 Å². The number of carbonyl (C=O) groups is 1. The Hall–Kier alpha value is -3.13. The van der Waals surface area contributed by atoms with E-state index in [0.717, 1.165) is 41.2 Å². The first-order chi connectivity index (χ1) is 15.8. The summed E-state index contributed by atoms with van der Waals surface area (Å²) in [4.78, 5) is 28.9. The molecule has 1 aliphatic rings. The van der Waals surface area contributed by atoms with Crippen LogP contribution >= 0.6 is 0 Å². The maximum atomic E-state index is 12.0. The molecule has 1 saturated heterocycles. The lowest BCUT2D eigenvalue weighted by Gasteiger charge is -2.44. The monoisotopic (exact) mass is 451 g/mol. The first-order valence-electron chi connectivity index (χ1n) is 11.6. The highest BCUT2D eigenvalue weighted by atomic mass is 16.5. The van der Waals surface area contributed by atoms with Gasteiger partial charge in [0.15, 0.2) is 0 Å². The summed E-state index contributed by atoms with van der Waals surface area (Å²) < 4.78 is 11.4. The van der Waals surface area contributed by atoms with Crippen LogP contribution in [0.25, 0.3) is 22.3 Å². The normalized spacial score (nSPS) is 18.8. The number of aromatic nitrogens is 3. The molecule has 1 aliphatic heterocycles. The first-order valence-corrected chi connectivity index (χ1v) is 11.6. The highest BCUT2D eigenvalue weighted by molar-refractivity contribution is 5.93. The summed E-state index contributed by atoms with van der Waals surface area (Å²) in [5.41, 5.74) is 2.64. The second-order valence-corrected chi connectivity index (χ2v) is 8.95. The largest absolute Gasteiger partial charge is 0.490 e. The van der Waals surface area contributed by atoms with Crippen molar-refractivity contribution in [2.75, 3.05) is 31.2 Å². The van der Waals surface area contributed by atoms with E-state index in [0.29, 0.717) is 19.0 Å². The first kappa shape index (κ1) is 23.0. The molecule has 0 aliphatic carbocycles. The van der Waals surface area contributed by atoms with Crippen LogP contribution in [-0.4, -0.2) is 70.2 Å². The predicted octanol–water partition coefficient (Wildman–Crippen LogP) is 3.87. The van der Waals surface area contributed by atoms with Crippen LogP contribution in [0.5, 0.6) is 5.75 Å². The van der Waals surface area contributed by atoms with Crippen molar-refractivity contribution in [1.82, 2.24) is 19.9 Å². The van der Waals surface area contributed by atoms with Gasteiger partial charge in [0.25, 0.3) is 0 Å². The Balaban J connectivity index is 1.55. The Morgan fingerprint density at radius 2 is 1.97 bits per heavy atom. The summed E-state index contributed by atoms with van der Waals surface area (Å²) in [5, 5.41) is 0.963. The smallest absolute Gasteiger partial charge is 0.220 e. The lowest BCUT2D eigenvalue weighted by atomic mass is 10.1. The minimum absolute atomic E-state index is 0.122. The zero-order valence-corrected chi connectivity index (χ0v) is 20.0. The fourth-order valence-electron chi connectivity index (χ4n) is 4.60. The molecule has 0 radical (unpaired) electrons. The minimum atomic E-state index is 0.122. The van der Waals surface area contributed by atoms with E-state index in [-0.39, 0.29) is 24.1 Å². The molecule has 8 nitrogen and oxygen atoms in total. The topological polar surface area (TPSA) is 83.6 Å². The summed E-state index contributed by atoms with van der Waals surface area (Å²) in [6.45, 7) is 12.4. The van der Waals surface area contributed by atoms with Crippen molar-refractivity contribution in [3.8, 4) is 17.0 Å². The molecule has 1 N–H and O–H groups in total. The lowest BCUT2D eigenvalue weighted by Crippen LogP contribution is -2.58. The number of nitrogens with zero attached hydrogens (tertiary/aromatic N) is 4. The van der Waals surface area contributed by atoms with Crippen LogP contribution in [0.1, 0.15) is 34.6 Å². The molecule has 0 bridgehead atoms. The van der Waals surface area contributed by atoms with Gasteiger partial charge in [-0.1, -0.05) is 6.07 Å². The molecular formula is C25H33N5O3. The maximum absolute atomic E-state index is 12.0. The zero-order valence-electron chi connectivity index (χ0n) is 20.0. The van der Waals surface area contributed by atoms with E-state index < -0.39 is 0 Å². The number of aromatic amines is 1. The van der Waals surface area contributed by atoms with Crippen molar-refractivity contribution in [3.63, 3.8) is 0 Å². The molecule has 3 aromatic heterocycles. The Morgan fingerprint density at radius 1 is 1.21 bits per heavy atom. The maximum Gasteiger partial charge on any atom is 0.220 e. The van der Waals surface area contributed by atoms with Gasteiger partial charge in [0.1, 0.15) is 23.8 Å². The van der Waals surface area contributed by atoms with Crippen LogP contribution in [0.15, 0.2) is 36.7 Å². The SMILES string of the molecule is CC(=O)N1C(C)CN(c2cccc(-c3c[nH]c4ncc(OCCOC(C)C)cc34)n2)CC1C. The van der Waals surface area contributed by atoms with E-state index in [4.69, 9.17) is 14.5 Å². The van der Waals surface area contributed by atoms with E-state index in [2.05, 4.69) is 28.7 Å². The third-order valence-electron chi connectivity index (χ3n) is 5.93. The fraction of sp³-hybridized carbons (Fsp3) is 0.480. The average molecular weight is 452 g/mol. The number of fused-ring (bicyclic) bond motifs is 1. The number of hydrogen-bond donors (Lipinski definition) is 1. The predicted molar refractivity (Wildman–Crippen MR) is 130 cm³/mol. The quantitative estimate of drug-likeness (QED) is 0.549. The second-order valence-electron chi connectivity index (χ2n) is 8.95. The number of amides is 1. The molecule has 1 amide bonds. The van der Waals surface area contributed by atoms with Crippen molar-refractivity contribution < 1.29 is 14.3 Å². The Bertz CT molecular complexity index is 1100. The molecule has 3 aromatic rings. The molecule has 0 spiro atoms. The minimum Gasteiger partial charge on any atom is -0.490 e. The fourth-order valence-corrected chi connectivity index (χ4v) is 4.60. The zero-order chi connectivity index (χ0) is 23.5. The molecule has 2 unspecified atom stereocenters. The van der Waals surface area contributed by atoms with E-state index >= 15 is 0 Å². The van der Waals surface area contributed by atoms with Gasteiger partial charge in [-0.3, -0.25) is 4.79 Å². The summed E-state index contributed by atoms with van der Waals surface area (Å²) in [6, 6.07) is 8.33. The van der Waals surface area contributed by atoms with Gasteiger partial charge < -0.3 is 24.3 Å². The van der Waals surface area contributed by atoms with Gasteiger partial charge in [0.2, 0.25) is 5.91 Å². The number of piperazine rings is 1. The van der Waals surface area contributed by atoms with Crippen LogP contribution in [0.2, 0.25) is 0 Å². The Labute approximate surface area is 194 Å². The molecule has 4 rings (SSSR count). The van der Waals surface area contributed by atoms with Crippen LogP contribution in [0.4, 0.5) is 5.82 Å². The van der Waals surface area contributed by atoms with E-state index in [9.17, 15) is 4.79 Å². The van der Waals surface area contributed by atoms with Crippen LogP contribution in [0, 0.1) is 0 Å². The lowest BCUT2D eigenvalue weighted by molar-refractivity contribution is -0.133. The van der Waals surface area contributed by atoms with Crippen molar-refractivity contribution in [1.29, 1.82) is 0 Å². The molecule has 2 atom stereocenters. The molecule has 0 saturated carbocycles. The standard InChI is InChI=1S/C25H33N5O3/c1-16(2)32-9-10-33-20-11-21-22(13-27-25(21)26-12-20)23-7-6-8-24(28-23)29-14-17(3)30(19(5)31)18(4)15-29/h6-8,11-13,16-18H,9-10,14-15H2,1-5H3,(H,26,27). The molecule has 4 heterocycles. The van der Waals surface area contributed by atoms with Gasteiger partial charge in [-0.05, 0) is 45.9 Å². The van der Waals surface area contributed by atoms with Crippen molar-refractivity contribution in [2.24, 2.45) is 0 Å². The van der Waals surface area contributed by atoms with Crippen molar-refractivity contribution in [3.05, 3.63) is 36.7 Å². The molecular weight excluding hydrogens is 418 g/mol. The van der Waals surface area contributed by atoms with E-state index in [1.54, 1.807) is 13.1 Å². The van der Waals surface area contributed by atoms with Crippen LogP contribution in [-0.2, 0) is 9.53 Å². The van der Waals surface area contributed by atoms with Gasteiger partial charge in [-0.25, -0.2) is 9.97 Å². The van der Waals surface area contributed by atoms with Crippen molar-refractivity contribution >= 4 is 22.8 Å². The third-order valence-corrected chi connectivity index (χ3v) is 5.93. The molecule has 0 aromatic carbocycles. The Kier molecular flexibility index (Phi) is 6.83. The van der Waals surface area contributed by atoms with Crippen LogP contribution in [0.3, 0.4) is 0 Å². The van der Waals surface area contributed by atoms with Gasteiger partial charge >= 0.3 is 0 Å². The van der Waals surface area contributed by atoms with E-state index in [1.165, 1.54) is 0 Å². The number of carbonyl (C=O) groups excluding carboxylic acids is 1. The summed E-state index contributed by atoms with van der Waals surface area (Å²) in [7, 11) is 0. The summed E-state index contributed by atoms with van der Waals surface area (Å²) in [5.74, 6) is 1.74. The average Bonchev–Trinajstić information content (AvgIpc) is 3.19.